The van der Waals surface area contributed by atoms with E-state index >= 15 is 0 Å². The van der Waals surface area contributed by atoms with Crippen molar-refractivity contribution in [3.8, 4) is 0 Å². The molecule has 100 valence electrons. The molecule has 1 atom stereocenters. The van der Waals surface area contributed by atoms with E-state index in [1.54, 1.807) is 4.90 Å². The van der Waals surface area contributed by atoms with E-state index in [2.05, 4.69) is 5.32 Å². The summed E-state index contributed by atoms with van der Waals surface area (Å²) in [5, 5.41) is 2.88. The fourth-order valence-corrected chi connectivity index (χ4v) is 2.39. The first kappa shape index (κ1) is 13.0. The molecule has 0 saturated carbocycles. The van der Waals surface area contributed by atoms with E-state index < -0.39 is 0 Å². The van der Waals surface area contributed by atoms with E-state index in [1.807, 2.05) is 6.92 Å². The van der Waals surface area contributed by atoms with Gasteiger partial charge in [-0.25, -0.2) is 0 Å². The van der Waals surface area contributed by atoms with Crippen LogP contribution in [0.1, 0.15) is 26.2 Å². The van der Waals surface area contributed by atoms with Crippen molar-refractivity contribution in [2.75, 3.05) is 26.2 Å². The van der Waals surface area contributed by atoms with E-state index in [-0.39, 0.29) is 36.9 Å². The Labute approximate surface area is 106 Å². The first-order valence-electron chi connectivity index (χ1n) is 6.49. The Morgan fingerprint density at radius 1 is 1.33 bits per heavy atom. The molecule has 6 heteroatoms. The first-order valence-corrected chi connectivity index (χ1v) is 6.49. The lowest BCUT2D eigenvalue weighted by Crippen LogP contribution is -2.59. The van der Waals surface area contributed by atoms with E-state index in [9.17, 15) is 14.4 Å². The van der Waals surface area contributed by atoms with Crippen molar-refractivity contribution in [1.29, 1.82) is 0 Å². The van der Waals surface area contributed by atoms with Crippen molar-refractivity contribution in [2.24, 2.45) is 0 Å². The number of nitrogens with one attached hydrogen (secondary N) is 1. The van der Waals surface area contributed by atoms with Crippen LogP contribution in [0.25, 0.3) is 0 Å². The maximum atomic E-state index is 12.0. The Morgan fingerprint density at radius 3 is 2.61 bits per heavy atom. The zero-order chi connectivity index (χ0) is 13.1. The lowest BCUT2D eigenvalue weighted by atomic mass is 10.1. The van der Waals surface area contributed by atoms with Gasteiger partial charge in [-0.05, 0) is 19.3 Å². The van der Waals surface area contributed by atoms with Crippen molar-refractivity contribution in [1.82, 2.24) is 15.1 Å². The van der Waals surface area contributed by atoms with Crippen molar-refractivity contribution in [3.05, 3.63) is 0 Å². The van der Waals surface area contributed by atoms with E-state index in [0.29, 0.717) is 6.42 Å². The second-order valence-electron chi connectivity index (χ2n) is 4.75. The quantitative estimate of drug-likeness (QED) is 0.678. The molecule has 0 aromatic rings. The van der Waals surface area contributed by atoms with Crippen LogP contribution in [0.3, 0.4) is 0 Å². The van der Waals surface area contributed by atoms with Gasteiger partial charge in [-0.1, -0.05) is 6.92 Å². The van der Waals surface area contributed by atoms with Gasteiger partial charge in [0.05, 0.1) is 12.6 Å². The second-order valence-corrected chi connectivity index (χ2v) is 4.75. The molecular weight excluding hydrogens is 234 g/mol. The van der Waals surface area contributed by atoms with Crippen molar-refractivity contribution in [2.45, 2.75) is 32.2 Å². The van der Waals surface area contributed by atoms with Crippen LogP contribution < -0.4 is 5.32 Å². The highest BCUT2D eigenvalue weighted by atomic mass is 16.2. The number of imide groups is 1. The number of hydrogen-bond donors (Lipinski definition) is 1. The number of hydrogen-bond acceptors (Lipinski definition) is 4. The summed E-state index contributed by atoms with van der Waals surface area (Å²) in [5.74, 6) is -0.704. The molecule has 0 radical (unpaired) electrons. The lowest BCUT2D eigenvalue weighted by molar-refractivity contribution is -0.153. The first-order chi connectivity index (χ1) is 8.63. The van der Waals surface area contributed by atoms with Crippen LogP contribution in [0.2, 0.25) is 0 Å². The number of likely N-dealkylation sites (tertiary alicyclic amines) is 1. The van der Waals surface area contributed by atoms with Gasteiger partial charge in [0.1, 0.15) is 6.54 Å². The molecule has 0 aliphatic carbocycles. The standard InChI is InChI=1S/C12H19N3O3/c1-2-9-12(18)15(10(16)7-13-9)8-11(17)14-5-3-4-6-14/h9,13H,2-8H2,1H3. The van der Waals surface area contributed by atoms with Gasteiger partial charge in [0, 0.05) is 13.1 Å². The molecule has 2 heterocycles. The molecule has 0 bridgehead atoms. The van der Waals surface area contributed by atoms with Gasteiger partial charge in [0.2, 0.25) is 17.7 Å². The number of piperazine rings is 1. The number of carbonyl (C=O) groups excluding carboxylic acids is 3. The molecule has 3 amide bonds. The average molecular weight is 253 g/mol. The van der Waals surface area contributed by atoms with Crippen molar-refractivity contribution >= 4 is 17.7 Å². The fourth-order valence-electron chi connectivity index (χ4n) is 2.39. The summed E-state index contributed by atoms with van der Waals surface area (Å²) in [7, 11) is 0. The summed E-state index contributed by atoms with van der Waals surface area (Å²) >= 11 is 0. The summed E-state index contributed by atoms with van der Waals surface area (Å²) < 4.78 is 0. The molecule has 18 heavy (non-hydrogen) atoms. The van der Waals surface area contributed by atoms with E-state index in [0.717, 1.165) is 30.8 Å². The van der Waals surface area contributed by atoms with Gasteiger partial charge >= 0.3 is 0 Å². The predicted molar refractivity (Wildman–Crippen MR) is 64.6 cm³/mol. The maximum absolute atomic E-state index is 12.0. The van der Waals surface area contributed by atoms with Crippen molar-refractivity contribution < 1.29 is 14.4 Å². The van der Waals surface area contributed by atoms with Gasteiger partial charge in [-0.3, -0.25) is 24.6 Å². The third-order valence-electron chi connectivity index (χ3n) is 3.53. The van der Waals surface area contributed by atoms with Crippen LogP contribution in [-0.2, 0) is 14.4 Å². The minimum atomic E-state index is -0.339. The highest BCUT2D eigenvalue weighted by Crippen LogP contribution is 2.10. The molecule has 2 aliphatic heterocycles. The Balaban J connectivity index is 1.99. The summed E-state index contributed by atoms with van der Waals surface area (Å²) in [4.78, 5) is 38.5. The average Bonchev–Trinajstić information content (AvgIpc) is 2.88. The molecule has 0 aromatic carbocycles. The molecule has 0 aromatic heterocycles. The zero-order valence-electron chi connectivity index (χ0n) is 10.6. The van der Waals surface area contributed by atoms with Gasteiger partial charge in [-0.15, -0.1) is 0 Å². The molecule has 1 N–H and O–H groups in total. The van der Waals surface area contributed by atoms with Crippen LogP contribution in [0, 0.1) is 0 Å². The van der Waals surface area contributed by atoms with Crippen molar-refractivity contribution in [3.63, 3.8) is 0 Å². The normalized spacial score (nSPS) is 24.8. The molecule has 2 aliphatic rings. The molecule has 2 fully saturated rings. The number of nitrogens with zero attached hydrogens (tertiary/aromatic N) is 2. The SMILES string of the molecule is CCC1NCC(=O)N(CC(=O)N2CCCC2)C1=O. The molecule has 2 saturated heterocycles. The molecular formula is C12H19N3O3. The summed E-state index contributed by atoms with van der Waals surface area (Å²) in [5.41, 5.74) is 0. The largest absolute Gasteiger partial charge is 0.341 e. The maximum Gasteiger partial charge on any atom is 0.246 e. The van der Waals surface area contributed by atoms with E-state index in [4.69, 9.17) is 0 Å². The highest BCUT2D eigenvalue weighted by molar-refractivity contribution is 6.03. The van der Waals surface area contributed by atoms with Crippen LogP contribution in [-0.4, -0.2) is 59.7 Å². The van der Waals surface area contributed by atoms with Gasteiger partial charge < -0.3 is 4.90 Å². The fraction of sp³-hybridized carbons (Fsp3) is 0.750. The smallest absolute Gasteiger partial charge is 0.246 e. The molecule has 1 unspecified atom stereocenters. The Hall–Kier alpha value is -1.43. The number of amides is 3. The summed E-state index contributed by atoms with van der Waals surface area (Å²) in [6.07, 6.45) is 2.64. The minimum absolute atomic E-state index is 0.101. The zero-order valence-corrected chi connectivity index (χ0v) is 10.6. The minimum Gasteiger partial charge on any atom is -0.341 e. The number of rotatable bonds is 3. The Morgan fingerprint density at radius 2 is 2.00 bits per heavy atom. The Kier molecular flexibility index (Phi) is 3.96. The van der Waals surface area contributed by atoms with Crippen LogP contribution in [0.4, 0.5) is 0 Å². The topological polar surface area (TPSA) is 69.7 Å². The third-order valence-corrected chi connectivity index (χ3v) is 3.53. The van der Waals surface area contributed by atoms with Gasteiger partial charge in [-0.2, -0.15) is 0 Å². The lowest BCUT2D eigenvalue weighted by Gasteiger charge is -2.31. The monoisotopic (exact) mass is 253 g/mol. The van der Waals surface area contributed by atoms with Gasteiger partial charge in [0.15, 0.2) is 0 Å². The molecule has 6 nitrogen and oxygen atoms in total. The third kappa shape index (κ3) is 2.53. The molecule has 0 spiro atoms. The van der Waals surface area contributed by atoms with Crippen LogP contribution in [0.15, 0.2) is 0 Å². The van der Waals surface area contributed by atoms with Crippen LogP contribution in [0.5, 0.6) is 0 Å². The number of carbonyl (C=O) groups is 3. The summed E-state index contributed by atoms with van der Waals surface area (Å²) in [6.45, 7) is 3.40. The highest BCUT2D eigenvalue weighted by Gasteiger charge is 2.35. The van der Waals surface area contributed by atoms with E-state index in [1.165, 1.54) is 0 Å². The second kappa shape index (κ2) is 5.48. The predicted octanol–water partition coefficient (Wildman–Crippen LogP) is -0.654. The Bertz CT molecular complexity index is 364. The van der Waals surface area contributed by atoms with Crippen LogP contribution >= 0.6 is 0 Å². The van der Waals surface area contributed by atoms with Gasteiger partial charge in [0.25, 0.3) is 0 Å². The molecule has 2 rings (SSSR count). The summed E-state index contributed by atoms with van der Waals surface area (Å²) in [6, 6.07) is -0.339.